The number of hydrogen-bond acceptors (Lipinski definition) is 6. The third-order valence-electron chi connectivity index (χ3n) is 5.50. The van der Waals surface area contributed by atoms with Crippen molar-refractivity contribution in [2.45, 2.75) is 12.7 Å². The summed E-state index contributed by atoms with van der Waals surface area (Å²) in [5.74, 6) is 0.136. The van der Waals surface area contributed by atoms with E-state index in [2.05, 4.69) is 0 Å². The first-order valence-electron chi connectivity index (χ1n) is 10.3. The van der Waals surface area contributed by atoms with Crippen LogP contribution in [-0.2, 0) is 12.7 Å². The van der Waals surface area contributed by atoms with Crippen LogP contribution in [0, 0.1) is 10.1 Å². The van der Waals surface area contributed by atoms with Crippen LogP contribution in [0.25, 0.3) is 0 Å². The van der Waals surface area contributed by atoms with Crippen molar-refractivity contribution in [2.75, 3.05) is 31.1 Å². The second kappa shape index (κ2) is 9.04. The Morgan fingerprint density at radius 2 is 1.79 bits per heavy atom. The van der Waals surface area contributed by atoms with E-state index in [9.17, 15) is 32.9 Å². The van der Waals surface area contributed by atoms with Crippen molar-refractivity contribution < 1.29 is 27.3 Å². The zero-order valence-electron chi connectivity index (χ0n) is 17.7. The summed E-state index contributed by atoms with van der Waals surface area (Å²) >= 11 is 0. The molecule has 3 aromatic rings. The maximum absolute atomic E-state index is 12.9. The Kier molecular flexibility index (Phi) is 6.14. The minimum absolute atomic E-state index is 0.0682. The molecule has 3 heterocycles. The van der Waals surface area contributed by atoms with Gasteiger partial charge in [0.1, 0.15) is 11.4 Å². The quantitative estimate of drug-likeness (QED) is 0.413. The van der Waals surface area contributed by atoms with E-state index in [0.717, 1.165) is 12.1 Å². The fourth-order valence-corrected chi connectivity index (χ4v) is 3.76. The number of hydrogen-bond donors (Lipinski definition) is 0. The first-order valence-corrected chi connectivity index (χ1v) is 10.3. The molecule has 178 valence electrons. The van der Waals surface area contributed by atoms with E-state index < -0.39 is 22.4 Å². The maximum atomic E-state index is 12.9. The summed E-state index contributed by atoms with van der Waals surface area (Å²) in [6, 6.07) is 10.3. The van der Waals surface area contributed by atoms with Crippen molar-refractivity contribution in [1.29, 1.82) is 0 Å². The van der Waals surface area contributed by atoms with Crippen molar-refractivity contribution in [3.05, 3.63) is 92.3 Å². The highest BCUT2D eigenvalue weighted by molar-refractivity contribution is 5.91. The van der Waals surface area contributed by atoms with E-state index >= 15 is 0 Å². The normalized spacial score (nSPS) is 14.3. The van der Waals surface area contributed by atoms with Crippen LogP contribution in [-0.4, -0.2) is 46.5 Å². The van der Waals surface area contributed by atoms with Gasteiger partial charge >= 0.3 is 6.18 Å². The zero-order chi connectivity index (χ0) is 24.5. The number of piperazine rings is 1. The number of carbonyl (C=O) groups excluding carboxylic acids is 1. The monoisotopic (exact) mass is 476 g/mol. The Bertz CT molecular complexity index is 1280. The largest absolute Gasteiger partial charge is 0.454 e. The smallest absolute Gasteiger partial charge is 0.416 e. The number of furan rings is 1. The topological polar surface area (TPSA) is 102 Å². The Morgan fingerprint density at radius 3 is 2.44 bits per heavy atom. The molecule has 1 aliphatic rings. The van der Waals surface area contributed by atoms with Crippen molar-refractivity contribution in [2.24, 2.45) is 0 Å². The molecule has 1 saturated heterocycles. The van der Waals surface area contributed by atoms with E-state index in [-0.39, 0.29) is 55.6 Å². The number of rotatable bonds is 5. The molecule has 0 N–H and O–H groups in total. The number of nitro groups is 1. The standard InChI is InChI=1S/C22H19F3N4O5/c23-22(24,25)15-4-6-17(18(13-15)29(32)33)26-9-11-27(12-10-26)21(31)19-7-5-16(34-19)14-28-8-2-1-3-20(28)30/h1-8,13H,9-12,14H2. The van der Waals surface area contributed by atoms with Gasteiger partial charge in [-0.1, -0.05) is 6.07 Å². The molecule has 12 heteroatoms. The fraction of sp³-hybridized carbons (Fsp3) is 0.273. The van der Waals surface area contributed by atoms with Gasteiger partial charge < -0.3 is 18.8 Å². The SMILES string of the molecule is O=C(c1ccc(Cn2ccccc2=O)o1)N1CCN(c2ccc(C(F)(F)F)cc2[N+](=O)[O-])CC1. The van der Waals surface area contributed by atoms with Gasteiger partial charge in [-0.25, -0.2) is 0 Å². The van der Waals surface area contributed by atoms with Gasteiger partial charge in [0.2, 0.25) is 0 Å². The number of nitro benzene ring substituents is 1. The molecule has 4 rings (SSSR count). The third kappa shape index (κ3) is 4.80. The van der Waals surface area contributed by atoms with Gasteiger partial charge in [-0.05, 0) is 30.3 Å². The van der Waals surface area contributed by atoms with Crippen molar-refractivity contribution in [3.8, 4) is 0 Å². The van der Waals surface area contributed by atoms with Crippen molar-refractivity contribution in [1.82, 2.24) is 9.47 Å². The highest BCUT2D eigenvalue weighted by Crippen LogP contribution is 2.36. The summed E-state index contributed by atoms with van der Waals surface area (Å²) in [5, 5.41) is 11.4. The lowest BCUT2D eigenvalue weighted by molar-refractivity contribution is -0.384. The average Bonchev–Trinajstić information content (AvgIpc) is 3.28. The van der Waals surface area contributed by atoms with Gasteiger partial charge in [0.05, 0.1) is 17.0 Å². The lowest BCUT2D eigenvalue weighted by Crippen LogP contribution is -2.48. The van der Waals surface area contributed by atoms with E-state index in [1.54, 1.807) is 29.3 Å². The van der Waals surface area contributed by atoms with Crippen LogP contribution >= 0.6 is 0 Å². The number of pyridine rings is 1. The molecule has 0 atom stereocenters. The molecule has 0 unspecified atom stereocenters. The molecule has 1 aliphatic heterocycles. The summed E-state index contributed by atoms with van der Waals surface area (Å²) < 4.78 is 45.9. The van der Waals surface area contributed by atoms with Crippen LogP contribution in [0.15, 0.2) is 63.9 Å². The van der Waals surface area contributed by atoms with Gasteiger partial charge in [0.15, 0.2) is 5.76 Å². The van der Waals surface area contributed by atoms with Crippen LogP contribution in [0.5, 0.6) is 0 Å². The lowest BCUT2D eigenvalue weighted by Gasteiger charge is -2.35. The molecule has 2 aromatic heterocycles. The number of aromatic nitrogens is 1. The second-order valence-corrected chi connectivity index (χ2v) is 7.67. The minimum Gasteiger partial charge on any atom is -0.454 e. The zero-order valence-corrected chi connectivity index (χ0v) is 17.7. The summed E-state index contributed by atoms with van der Waals surface area (Å²) in [6.45, 7) is 0.963. The predicted molar refractivity (Wildman–Crippen MR) is 115 cm³/mol. The molecule has 0 bridgehead atoms. The van der Waals surface area contributed by atoms with Gasteiger partial charge in [-0.15, -0.1) is 0 Å². The predicted octanol–water partition coefficient (Wildman–Crippen LogP) is 3.38. The lowest BCUT2D eigenvalue weighted by atomic mass is 10.1. The molecule has 34 heavy (non-hydrogen) atoms. The molecule has 9 nitrogen and oxygen atoms in total. The van der Waals surface area contributed by atoms with Crippen molar-refractivity contribution in [3.63, 3.8) is 0 Å². The number of carbonyl (C=O) groups is 1. The average molecular weight is 476 g/mol. The van der Waals surface area contributed by atoms with E-state index in [4.69, 9.17) is 4.42 Å². The number of halogens is 3. The first kappa shape index (κ1) is 23.1. The van der Waals surface area contributed by atoms with E-state index in [1.807, 2.05) is 0 Å². The molecule has 0 spiro atoms. The molecular formula is C22H19F3N4O5. The van der Waals surface area contributed by atoms with Crippen molar-refractivity contribution >= 4 is 17.3 Å². The molecule has 0 radical (unpaired) electrons. The molecule has 0 saturated carbocycles. The number of alkyl halides is 3. The minimum atomic E-state index is -4.69. The number of anilines is 1. The Hall–Kier alpha value is -4.09. The van der Waals surface area contributed by atoms with Gasteiger partial charge in [0.25, 0.3) is 17.2 Å². The van der Waals surface area contributed by atoms with Gasteiger partial charge in [-0.2, -0.15) is 13.2 Å². The molecule has 1 fully saturated rings. The van der Waals surface area contributed by atoms with Crippen LogP contribution < -0.4 is 10.5 Å². The van der Waals surface area contributed by atoms with E-state index in [0.29, 0.717) is 11.8 Å². The van der Waals surface area contributed by atoms with Crippen LogP contribution in [0.3, 0.4) is 0 Å². The molecule has 0 aliphatic carbocycles. The number of nitrogens with zero attached hydrogens (tertiary/aromatic N) is 4. The second-order valence-electron chi connectivity index (χ2n) is 7.67. The van der Waals surface area contributed by atoms with Crippen LogP contribution in [0.4, 0.5) is 24.5 Å². The third-order valence-corrected chi connectivity index (χ3v) is 5.50. The molecule has 1 aromatic carbocycles. The molecular weight excluding hydrogens is 457 g/mol. The Morgan fingerprint density at radius 1 is 1.06 bits per heavy atom. The molecule has 1 amide bonds. The highest BCUT2D eigenvalue weighted by atomic mass is 19.4. The Balaban J connectivity index is 1.43. The first-order chi connectivity index (χ1) is 16.1. The maximum Gasteiger partial charge on any atom is 0.416 e. The fourth-order valence-electron chi connectivity index (χ4n) is 3.76. The summed E-state index contributed by atoms with van der Waals surface area (Å²) in [7, 11) is 0. The van der Waals surface area contributed by atoms with Gasteiger partial charge in [-0.3, -0.25) is 19.7 Å². The summed E-state index contributed by atoms with van der Waals surface area (Å²) in [4.78, 5) is 38.3. The van der Waals surface area contributed by atoms with Crippen LogP contribution in [0.2, 0.25) is 0 Å². The number of benzene rings is 1. The highest BCUT2D eigenvalue weighted by Gasteiger charge is 2.34. The number of amides is 1. The summed E-state index contributed by atoms with van der Waals surface area (Å²) in [6.07, 6.45) is -3.09. The summed E-state index contributed by atoms with van der Waals surface area (Å²) in [5.41, 5.74) is -1.87. The van der Waals surface area contributed by atoms with Crippen LogP contribution in [0.1, 0.15) is 21.9 Å². The van der Waals surface area contributed by atoms with Gasteiger partial charge in [0, 0.05) is 44.5 Å². The van der Waals surface area contributed by atoms with E-state index in [1.165, 1.54) is 21.6 Å². The Labute approximate surface area is 190 Å².